The zero-order valence-electron chi connectivity index (χ0n) is 13.5. The van der Waals surface area contributed by atoms with Crippen LogP contribution in [0.5, 0.6) is 0 Å². The Balaban J connectivity index is 2.03. The summed E-state index contributed by atoms with van der Waals surface area (Å²) in [5.74, 6) is 1.47. The first kappa shape index (κ1) is 15.5. The number of hydrogen-bond acceptors (Lipinski definition) is 2. The molecule has 1 aromatic carbocycles. The van der Waals surface area contributed by atoms with Gasteiger partial charge in [-0.3, -0.25) is 0 Å². The van der Waals surface area contributed by atoms with Gasteiger partial charge in [-0.2, -0.15) is 0 Å². The molecule has 0 aliphatic carbocycles. The summed E-state index contributed by atoms with van der Waals surface area (Å²) in [5.41, 5.74) is 2.86. The van der Waals surface area contributed by atoms with Crippen LogP contribution in [0.2, 0.25) is 0 Å². The van der Waals surface area contributed by atoms with Crippen LogP contribution in [-0.2, 0) is 0 Å². The average Bonchev–Trinajstić information content (AvgIpc) is 2.84. The minimum atomic E-state index is 0.464. The third kappa shape index (κ3) is 4.07. The highest BCUT2D eigenvalue weighted by Crippen LogP contribution is 2.22. The molecule has 0 bridgehead atoms. The number of likely N-dealkylation sites (tertiary alicyclic amines) is 1. The van der Waals surface area contributed by atoms with Gasteiger partial charge in [0.05, 0.1) is 0 Å². The lowest BCUT2D eigenvalue weighted by molar-refractivity contribution is 0.286. The van der Waals surface area contributed by atoms with E-state index in [1.165, 1.54) is 30.6 Å². The van der Waals surface area contributed by atoms with Gasteiger partial charge in [0.2, 0.25) is 0 Å². The molecule has 0 radical (unpaired) electrons. The molecule has 112 valence electrons. The van der Waals surface area contributed by atoms with E-state index < -0.39 is 0 Å². The second kappa shape index (κ2) is 7.24. The van der Waals surface area contributed by atoms with Crippen LogP contribution in [0.1, 0.15) is 57.2 Å². The van der Waals surface area contributed by atoms with E-state index in [9.17, 15) is 0 Å². The van der Waals surface area contributed by atoms with E-state index in [0.717, 1.165) is 19.0 Å². The first-order valence-electron chi connectivity index (χ1n) is 8.15. The van der Waals surface area contributed by atoms with Crippen LogP contribution in [0, 0.1) is 5.92 Å². The molecule has 1 fully saturated rings. The van der Waals surface area contributed by atoms with E-state index in [2.05, 4.69) is 62.2 Å². The molecule has 2 unspecified atom stereocenters. The Morgan fingerprint density at radius 2 is 1.85 bits per heavy atom. The molecule has 1 heterocycles. The highest BCUT2D eigenvalue weighted by atomic mass is 15.2. The van der Waals surface area contributed by atoms with Gasteiger partial charge in [0.1, 0.15) is 0 Å². The fourth-order valence-corrected chi connectivity index (χ4v) is 3.10. The fraction of sp³-hybridized carbons (Fsp3) is 0.667. The highest BCUT2D eigenvalue weighted by Gasteiger charge is 2.22. The van der Waals surface area contributed by atoms with Gasteiger partial charge >= 0.3 is 0 Å². The Kier molecular flexibility index (Phi) is 5.62. The average molecular weight is 274 g/mol. The van der Waals surface area contributed by atoms with Crippen LogP contribution in [0.3, 0.4) is 0 Å². The summed E-state index contributed by atoms with van der Waals surface area (Å²) in [7, 11) is 0. The van der Waals surface area contributed by atoms with Crippen molar-refractivity contribution in [1.29, 1.82) is 0 Å². The maximum atomic E-state index is 3.65. The Morgan fingerprint density at radius 3 is 2.35 bits per heavy atom. The monoisotopic (exact) mass is 274 g/mol. The molecule has 1 N–H and O–H groups in total. The van der Waals surface area contributed by atoms with E-state index in [4.69, 9.17) is 0 Å². The van der Waals surface area contributed by atoms with E-state index in [1.807, 2.05) is 0 Å². The molecular formula is C18H30N2. The van der Waals surface area contributed by atoms with Crippen molar-refractivity contribution < 1.29 is 0 Å². The maximum absolute atomic E-state index is 3.65. The summed E-state index contributed by atoms with van der Waals surface area (Å²) in [4.78, 5) is 2.61. The van der Waals surface area contributed by atoms with Gasteiger partial charge in [-0.25, -0.2) is 0 Å². The molecule has 0 saturated carbocycles. The molecule has 0 aromatic heterocycles. The standard InChI is InChI=1S/C18H30N2/c1-5-19-18(13-20-11-10-15(4)12-20)17-8-6-16(7-9-17)14(2)3/h6-9,14-15,18-19H,5,10-13H2,1-4H3. The molecular weight excluding hydrogens is 244 g/mol. The number of nitrogens with one attached hydrogen (secondary N) is 1. The predicted molar refractivity (Wildman–Crippen MR) is 87.2 cm³/mol. The van der Waals surface area contributed by atoms with E-state index in [1.54, 1.807) is 0 Å². The summed E-state index contributed by atoms with van der Waals surface area (Å²) >= 11 is 0. The predicted octanol–water partition coefficient (Wildman–Crippen LogP) is 3.80. The van der Waals surface area contributed by atoms with E-state index >= 15 is 0 Å². The van der Waals surface area contributed by atoms with Crippen molar-refractivity contribution in [3.63, 3.8) is 0 Å². The molecule has 0 amide bonds. The molecule has 2 atom stereocenters. The second-order valence-electron chi connectivity index (χ2n) is 6.59. The van der Waals surface area contributed by atoms with Crippen molar-refractivity contribution in [3.05, 3.63) is 35.4 Å². The van der Waals surface area contributed by atoms with Crippen molar-refractivity contribution in [3.8, 4) is 0 Å². The van der Waals surface area contributed by atoms with Crippen LogP contribution < -0.4 is 5.32 Å². The van der Waals surface area contributed by atoms with Gasteiger partial charge in [-0.1, -0.05) is 52.0 Å². The van der Waals surface area contributed by atoms with Crippen LogP contribution in [0.4, 0.5) is 0 Å². The van der Waals surface area contributed by atoms with Gasteiger partial charge < -0.3 is 10.2 Å². The van der Waals surface area contributed by atoms with Gasteiger partial charge in [-0.15, -0.1) is 0 Å². The zero-order chi connectivity index (χ0) is 14.5. The van der Waals surface area contributed by atoms with Gasteiger partial charge in [0.25, 0.3) is 0 Å². The molecule has 2 rings (SSSR count). The molecule has 0 spiro atoms. The molecule has 2 nitrogen and oxygen atoms in total. The topological polar surface area (TPSA) is 15.3 Å². The molecule has 2 heteroatoms. The van der Waals surface area contributed by atoms with Crippen LogP contribution >= 0.6 is 0 Å². The number of hydrogen-bond donors (Lipinski definition) is 1. The number of benzene rings is 1. The highest BCUT2D eigenvalue weighted by molar-refractivity contribution is 5.27. The molecule has 1 saturated heterocycles. The summed E-state index contributed by atoms with van der Waals surface area (Å²) in [6.07, 6.45) is 1.35. The zero-order valence-corrected chi connectivity index (χ0v) is 13.5. The van der Waals surface area contributed by atoms with E-state index in [0.29, 0.717) is 12.0 Å². The van der Waals surface area contributed by atoms with Crippen molar-refractivity contribution in [2.75, 3.05) is 26.2 Å². The summed E-state index contributed by atoms with van der Waals surface area (Å²) in [6.45, 7) is 13.7. The normalized spacial score (nSPS) is 21.6. The van der Waals surface area contributed by atoms with Crippen molar-refractivity contribution in [2.45, 2.75) is 46.1 Å². The fourth-order valence-electron chi connectivity index (χ4n) is 3.10. The Hall–Kier alpha value is -0.860. The lowest BCUT2D eigenvalue weighted by Crippen LogP contribution is -2.34. The van der Waals surface area contributed by atoms with Crippen LogP contribution in [0.25, 0.3) is 0 Å². The molecule has 20 heavy (non-hydrogen) atoms. The Morgan fingerprint density at radius 1 is 1.20 bits per heavy atom. The first-order chi connectivity index (χ1) is 9.60. The number of likely N-dealkylation sites (N-methyl/N-ethyl adjacent to an activating group) is 1. The molecule has 1 aliphatic rings. The molecule has 1 aliphatic heterocycles. The lowest BCUT2D eigenvalue weighted by Gasteiger charge is -2.25. The summed E-state index contributed by atoms with van der Waals surface area (Å²) < 4.78 is 0. The Labute approximate surface area is 124 Å². The Bertz CT molecular complexity index is 396. The van der Waals surface area contributed by atoms with E-state index in [-0.39, 0.29) is 0 Å². The largest absolute Gasteiger partial charge is 0.309 e. The van der Waals surface area contributed by atoms with Crippen molar-refractivity contribution in [1.82, 2.24) is 10.2 Å². The minimum Gasteiger partial charge on any atom is -0.309 e. The third-order valence-electron chi connectivity index (χ3n) is 4.40. The SMILES string of the molecule is CCNC(CN1CCC(C)C1)c1ccc(C(C)C)cc1. The smallest absolute Gasteiger partial charge is 0.0449 e. The van der Waals surface area contributed by atoms with Gasteiger partial charge in [0.15, 0.2) is 0 Å². The minimum absolute atomic E-state index is 0.464. The number of nitrogens with zero attached hydrogens (tertiary/aromatic N) is 1. The summed E-state index contributed by atoms with van der Waals surface area (Å²) in [6, 6.07) is 9.66. The van der Waals surface area contributed by atoms with Crippen LogP contribution in [0.15, 0.2) is 24.3 Å². The van der Waals surface area contributed by atoms with Gasteiger partial charge in [-0.05, 0) is 42.5 Å². The summed E-state index contributed by atoms with van der Waals surface area (Å²) in [5, 5.41) is 3.65. The van der Waals surface area contributed by atoms with Crippen LogP contribution in [-0.4, -0.2) is 31.1 Å². The quantitative estimate of drug-likeness (QED) is 0.849. The third-order valence-corrected chi connectivity index (χ3v) is 4.40. The molecule has 1 aromatic rings. The number of rotatable bonds is 6. The van der Waals surface area contributed by atoms with Crippen molar-refractivity contribution >= 4 is 0 Å². The maximum Gasteiger partial charge on any atom is 0.0449 e. The lowest BCUT2D eigenvalue weighted by atomic mass is 9.99. The first-order valence-corrected chi connectivity index (χ1v) is 8.15. The van der Waals surface area contributed by atoms with Gasteiger partial charge in [0, 0.05) is 19.1 Å². The van der Waals surface area contributed by atoms with Crippen molar-refractivity contribution in [2.24, 2.45) is 5.92 Å². The second-order valence-corrected chi connectivity index (χ2v) is 6.59.